The molecule has 10 aromatic carbocycles. The molecule has 0 atom stereocenters. The van der Waals surface area contributed by atoms with Crippen LogP contribution in [0.3, 0.4) is 0 Å². The molecule has 10 aromatic rings. The number of carbonyl (C=O) groups is 4. The standard InChI is InChI=1S/C28H23NO5.C20H21NO6.C19H21NO5.C18H19NO5/c1-31-27-25(23(28(30)32-2)17-24-26(27)34-18-33-24)19-13-15-22(16-14-19)29(20-9-5-3-6-10-20)21-11-7-4-8-12-21;1-23-19-17(15(20(22)24-2)11-16-18(19)27-12-26-16)13-3-5-14(6-4-13)21-7-9-25-10-8-21;1-11-8-12(6-7-14(11)20(2)3)16-13(19(21)23-5)9-15-17(18(16)22-4)25-10-24-15;1-19(2)12-7-5-11(6-8-12)15-13(18(20)22-4)9-14-16(17(15)21-3)24-10-23-14/h3-17H,18H2,1-2H3;3-6,11H,7-10,12H2,1-2H3;6-9H,10H2,1-5H3;5-9H,10H2,1-4H3. The maximum atomic E-state index is 12.6. The van der Waals surface area contributed by atoms with Crippen LogP contribution in [0.15, 0.2) is 176 Å². The lowest BCUT2D eigenvalue weighted by molar-refractivity contribution is 0.0592. The van der Waals surface area contributed by atoms with Gasteiger partial charge in [0.15, 0.2) is 46.0 Å². The highest BCUT2D eigenvalue weighted by Gasteiger charge is 2.34. The van der Waals surface area contributed by atoms with E-state index >= 15 is 0 Å². The molecule has 0 aliphatic carbocycles. The molecule has 0 N–H and O–H groups in total. The molecular weight excluding hydrogens is 1410 g/mol. The van der Waals surface area contributed by atoms with E-state index in [4.69, 9.17) is 80.5 Å². The topological polar surface area (TPSA) is 238 Å². The average molecular weight is 1500 g/mol. The number of ether oxygens (including phenoxy) is 17. The molecule has 0 unspecified atom stereocenters. The number of benzene rings is 10. The first-order valence-corrected chi connectivity index (χ1v) is 34.8. The number of para-hydroxylation sites is 2. The predicted octanol–water partition coefficient (Wildman–Crippen LogP) is 15.3. The number of hydrogen-bond donors (Lipinski definition) is 0. The van der Waals surface area contributed by atoms with Crippen LogP contribution in [0.25, 0.3) is 44.5 Å². The van der Waals surface area contributed by atoms with Crippen molar-refractivity contribution in [3.63, 3.8) is 0 Å². The maximum Gasteiger partial charge on any atom is 0.338 e. The largest absolute Gasteiger partial charge is 0.492 e. The number of aryl methyl sites for hydroxylation is 1. The second kappa shape index (κ2) is 34.6. The summed E-state index contributed by atoms with van der Waals surface area (Å²) in [5, 5.41) is 0. The van der Waals surface area contributed by atoms with Gasteiger partial charge < -0.3 is 100 Å². The molecule has 110 heavy (non-hydrogen) atoms. The van der Waals surface area contributed by atoms with Crippen LogP contribution in [0.2, 0.25) is 0 Å². The zero-order valence-corrected chi connectivity index (χ0v) is 63.3. The monoisotopic (exact) mass is 1500 g/mol. The Bertz CT molecular complexity index is 4940. The molecule has 5 aliphatic heterocycles. The summed E-state index contributed by atoms with van der Waals surface area (Å²) in [6, 6.07) is 56.6. The van der Waals surface area contributed by atoms with Gasteiger partial charge in [0.05, 0.1) is 92.3 Å². The van der Waals surface area contributed by atoms with Crippen molar-refractivity contribution in [2.75, 3.05) is 158 Å². The smallest absolute Gasteiger partial charge is 0.338 e. The minimum Gasteiger partial charge on any atom is -0.492 e. The SMILES string of the molecule is COC(=O)c1cc2c(c(OC)c1-c1ccc(N(C)C)c(C)c1)OCO2.COC(=O)c1cc2c(c(OC)c1-c1ccc(N(C)C)cc1)OCO2.COC(=O)c1cc2c(c(OC)c1-c1ccc(N(c3ccccc3)c3ccccc3)cc1)OCO2.COC(=O)c1cc2c(c(OC)c1-c1ccc(N3CCOCC3)cc1)OCO2. The number of nitrogens with zero attached hydrogens (tertiary/aromatic N) is 4. The summed E-state index contributed by atoms with van der Waals surface area (Å²) in [5.41, 5.74) is 14.6. The first-order valence-electron chi connectivity index (χ1n) is 34.8. The molecule has 15 rings (SSSR count). The van der Waals surface area contributed by atoms with E-state index in [9.17, 15) is 19.2 Å². The molecule has 0 spiro atoms. The summed E-state index contributed by atoms with van der Waals surface area (Å²) in [4.78, 5) is 58.1. The van der Waals surface area contributed by atoms with Crippen LogP contribution in [0.5, 0.6) is 69.0 Å². The summed E-state index contributed by atoms with van der Waals surface area (Å²) in [7, 11) is 19.5. The Morgan fingerprint density at radius 1 is 0.345 bits per heavy atom. The van der Waals surface area contributed by atoms with Crippen molar-refractivity contribution in [3.8, 4) is 114 Å². The fourth-order valence-electron chi connectivity index (χ4n) is 13.3. The third kappa shape index (κ3) is 15.8. The second-order valence-corrected chi connectivity index (χ2v) is 25.3. The first kappa shape index (κ1) is 76.5. The van der Waals surface area contributed by atoms with Gasteiger partial charge in [0, 0.05) is 97.7 Å². The lowest BCUT2D eigenvalue weighted by Crippen LogP contribution is -2.36. The van der Waals surface area contributed by atoms with Gasteiger partial charge in [-0.25, -0.2) is 19.2 Å². The Balaban J connectivity index is 0.000000138. The van der Waals surface area contributed by atoms with Crippen molar-refractivity contribution in [1.29, 1.82) is 0 Å². The van der Waals surface area contributed by atoms with Crippen molar-refractivity contribution >= 4 is 58.0 Å². The van der Waals surface area contributed by atoms with E-state index in [1.807, 2.05) is 172 Å². The number of fused-ring (bicyclic) bond motifs is 4. The van der Waals surface area contributed by atoms with Gasteiger partial charge in [0.25, 0.3) is 0 Å². The number of esters is 4. The molecule has 0 bridgehead atoms. The minimum absolute atomic E-state index is 0.0673. The molecule has 0 radical (unpaired) electrons. The predicted molar refractivity (Wildman–Crippen MR) is 415 cm³/mol. The summed E-state index contributed by atoms with van der Waals surface area (Å²) in [5.74, 6) is 3.81. The highest BCUT2D eigenvalue weighted by atomic mass is 16.7. The molecule has 25 heteroatoms. The van der Waals surface area contributed by atoms with Crippen molar-refractivity contribution in [2.24, 2.45) is 0 Å². The van der Waals surface area contributed by atoms with Gasteiger partial charge >= 0.3 is 23.9 Å². The number of hydrogen-bond acceptors (Lipinski definition) is 25. The minimum atomic E-state index is -0.481. The van der Waals surface area contributed by atoms with Gasteiger partial charge in [0.2, 0.25) is 50.2 Å². The van der Waals surface area contributed by atoms with E-state index < -0.39 is 23.9 Å². The van der Waals surface area contributed by atoms with E-state index in [1.165, 1.54) is 35.5 Å². The maximum absolute atomic E-state index is 12.6. The van der Waals surface area contributed by atoms with E-state index in [1.54, 1.807) is 45.6 Å². The lowest BCUT2D eigenvalue weighted by atomic mass is 9.95. The Labute approximate surface area is 637 Å². The van der Waals surface area contributed by atoms with Gasteiger partial charge in [-0.2, -0.15) is 0 Å². The number of methoxy groups -OCH3 is 8. The van der Waals surface area contributed by atoms with Crippen LogP contribution in [-0.2, 0) is 23.7 Å². The number of anilines is 6. The van der Waals surface area contributed by atoms with Crippen LogP contribution in [-0.4, -0.2) is 162 Å². The Hall–Kier alpha value is -13.2. The van der Waals surface area contributed by atoms with Crippen LogP contribution >= 0.6 is 0 Å². The van der Waals surface area contributed by atoms with Crippen LogP contribution in [0.1, 0.15) is 47.0 Å². The average Bonchev–Trinajstić information content (AvgIpc) is 1.41. The third-order valence-electron chi connectivity index (χ3n) is 18.5. The lowest BCUT2D eigenvalue weighted by Gasteiger charge is -2.29. The second-order valence-electron chi connectivity index (χ2n) is 25.3. The number of rotatable bonds is 18. The third-order valence-corrected chi connectivity index (χ3v) is 18.5. The number of carbonyl (C=O) groups excluding carboxylic acids is 4. The summed E-state index contributed by atoms with van der Waals surface area (Å²) >= 11 is 0. The van der Waals surface area contributed by atoms with Gasteiger partial charge in [-0.1, -0.05) is 78.9 Å². The molecule has 25 nitrogen and oxygen atoms in total. The van der Waals surface area contributed by atoms with Gasteiger partial charge in [-0.3, -0.25) is 0 Å². The molecule has 0 amide bonds. The quantitative estimate of drug-likeness (QED) is 0.0573. The fourth-order valence-corrected chi connectivity index (χ4v) is 13.3. The zero-order chi connectivity index (χ0) is 77.7. The van der Waals surface area contributed by atoms with Crippen molar-refractivity contribution in [1.82, 2.24) is 0 Å². The Morgan fingerprint density at radius 3 is 0.964 bits per heavy atom. The van der Waals surface area contributed by atoms with Gasteiger partial charge in [0.1, 0.15) is 0 Å². The highest BCUT2D eigenvalue weighted by Crippen LogP contribution is 2.54. The van der Waals surface area contributed by atoms with Gasteiger partial charge in [-0.15, -0.1) is 0 Å². The molecule has 5 heterocycles. The van der Waals surface area contributed by atoms with E-state index in [2.05, 4.69) is 34.1 Å². The summed E-state index contributed by atoms with van der Waals surface area (Å²) in [6.07, 6.45) is 0. The molecule has 0 saturated carbocycles. The summed E-state index contributed by atoms with van der Waals surface area (Å²) in [6.45, 7) is 5.54. The molecule has 5 aliphatic rings. The Kier molecular flexibility index (Phi) is 24.1. The Morgan fingerprint density at radius 2 is 0.655 bits per heavy atom. The normalized spacial score (nSPS) is 12.8. The summed E-state index contributed by atoms with van der Waals surface area (Å²) < 4.78 is 91.6. The van der Waals surface area contributed by atoms with Crippen LogP contribution < -0.4 is 76.4 Å². The highest BCUT2D eigenvalue weighted by molar-refractivity contribution is 6.04. The van der Waals surface area contributed by atoms with Crippen molar-refractivity contribution in [2.45, 2.75) is 6.92 Å². The molecule has 1 saturated heterocycles. The van der Waals surface area contributed by atoms with Crippen LogP contribution in [0, 0.1) is 6.92 Å². The van der Waals surface area contributed by atoms with Crippen LogP contribution in [0.4, 0.5) is 34.1 Å². The molecule has 0 aromatic heterocycles. The molecule has 570 valence electrons. The van der Waals surface area contributed by atoms with E-state index in [0.29, 0.717) is 114 Å². The van der Waals surface area contributed by atoms with Gasteiger partial charge in [-0.05, 0) is 132 Å². The van der Waals surface area contributed by atoms with Crippen molar-refractivity contribution < 1.29 is 99.7 Å². The number of morpholine rings is 1. The fraction of sp³-hybridized carbons (Fsp3) is 0.247. The van der Waals surface area contributed by atoms with E-state index in [-0.39, 0.29) is 27.2 Å². The zero-order valence-electron chi connectivity index (χ0n) is 63.3. The molecular formula is C85H84N4O21. The first-order chi connectivity index (χ1) is 53.5. The van der Waals surface area contributed by atoms with E-state index in [0.717, 1.165) is 88.2 Å². The molecule has 1 fully saturated rings. The van der Waals surface area contributed by atoms with Crippen molar-refractivity contribution in [3.05, 3.63) is 204 Å².